The molecule has 33 heavy (non-hydrogen) atoms. The van der Waals surface area contributed by atoms with Gasteiger partial charge >= 0.3 is 0 Å². The van der Waals surface area contributed by atoms with Crippen LogP contribution < -0.4 is 10.1 Å². The smallest absolute Gasteiger partial charge is 0.237 e. The number of nitrogens with one attached hydrogen (secondary N) is 1. The van der Waals surface area contributed by atoms with Crippen LogP contribution in [0.4, 0.5) is 5.69 Å². The average Bonchev–Trinajstić information content (AvgIpc) is 3.19. The highest BCUT2D eigenvalue weighted by molar-refractivity contribution is 8.00. The molecule has 1 N–H and O–H groups in total. The SMILES string of the molecule is Cc1ccccc1NC(=O)C(C)Sc1nnc(C(C)Oc2ccc(C(C)C)cc2)n1C(C)C. The van der Waals surface area contributed by atoms with Crippen molar-refractivity contribution in [3.63, 3.8) is 0 Å². The van der Waals surface area contributed by atoms with Gasteiger partial charge in [-0.3, -0.25) is 4.79 Å². The number of carbonyl (C=O) groups is 1. The fourth-order valence-electron chi connectivity index (χ4n) is 3.48. The van der Waals surface area contributed by atoms with Crippen LogP contribution in [-0.2, 0) is 4.79 Å². The van der Waals surface area contributed by atoms with Gasteiger partial charge in [0.25, 0.3) is 0 Å². The van der Waals surface area contributed by atoms with Crippen LogP contribution in [-0.4, -0.2) is 25.9 Å². The fourth-order valence-corrected chi connectivity index (χ4v) is 4.47. The standard InChI is InChI=1S/C26H34N4O2S/c1-16(2)21-12-14-22(15-13-21)32-19(6)24-28-29-26(30(24)17(3)4)33-20(7)25(31)27-23-11-9-8-10-18(23)5/h8-17,19-20H,1-7H3,(H,27,31). The second-order valence-corrected chi connectivity index (χ2v) is 10.2. The van der Waals surface area contributed by atoms with E-state index in [-0.39, 0.29) is 23.3 Å². The van der Waals surface area contributed by atoms with Crippen LogP contribution in [0.25, 0.3) is 0 Å². The van der Waals surface area contributed by atoms with Gasteiger partial charge in [0.2, 0.25) is 5.91 Å². The highest BCUT2D eigenvalue weighted by Gasteiger charge is 2.25. The molecule has 1 heterocycles. The number of benzene rings is 2. The molecule has 1 aromatic heterocycles. The zero-order valence-corrected chi connectivity index (χ0v) is 21.3. The lowest BCUT2D eigenvalue weighted by Gasteiger charge is -2.20. The number of rotatable bonds is 9. The number of anilines is 1. The molecule has 0 fully saturated rings. The van der Waals surface area contributed by atoms with E-state index < -0.39 is 0 Å². The highest BCUT2D eigenvalue weighted by atomic mass is 32.2. The van der Waals surface area contributed by atoms with E-state index in [4.69, 9.17) is 4.74 Å². The van der Waals surface area contributed by atoms with Crippen molar-refractivity contribution in [2.24, 2.45) is 0 Å². The molecule has 3 rings (SSSR count). The number of carbonyl (C=O) groups excluding carboxylic acids is 1. The molecule has 2 atom stereocenters. The number of thioether (sulfide) groups is 1. The minimum atomic E-state index is -0.334. The molecule has 2 aromatic carbocycles. The third-order valence-electron chi connectivity index (χ3n) is 5.48. The second kappa shape index (κ2) is 10.9. The monoisotopic (exact) mass is 466 g/mol. The lowest BCUT2D eigenvalue weighted by molar-refractivity contribution is -0.115. The molecule has 0 saturated heterocycles. The summed E-state index contributed by atoms with van der Waals surface area (Å²) in [6.07, 6.45) is -0.282. The molecule has 1 amide bonds. The van der Waals surface area contributed by atoms with E-state index in [1.54, 1.807) is 0 Å². The number of hydrogen-bond acceptors (Lipinski definition) is 5. The van der Waals surface area contributed by atoms with Gasteiger partial charge in [0.1, 0.15) is 5.75 Å². The Morgan fingerprint density at radius 2 is 1.64 bits per heavy atom. The van der Waals surface area contributed by atoms with Crippen LogP contribution in [0, 0.1) is 6.92 Å². The fraction of sp³-hybridized carbons (Fsp3) is 0.423. The second-order valence-electron chi connectivity index (χ2n) is 8.85. The summed E-state index contributed by atoms with van der Waals surface area (Å²) in [6, 6.07) is 16.1. The van der Waals surface area contributed by atoms with Crippen LogP contribution in [0.15, 0.2) is 53.7 Å². The minimum absolute atomic E-state index is 0.0660. The number of nitrogens with zero attached hydrogens (tertiary/aromatic N) is 3. The van der Waals surface area contributed by atoms with Crippen LogP contribution in [0.2, 0.25) is 0 Å². The van der Waals surface area contributed by atoms with E-state index in [1.807, 2.05) is 57.2 Å². The van der Waals surface area contributed by atoms with Crippen molar-refractivity contribution in [3.05, 3.63) is 65.5 Å². The average molecular weight is 467 g/mol. The zero-order valence-electron chi connectivity index (χ0n) is 20.5. The number of aromatic nitrogens is 3. The topological polar surface area (TPSA) is 69.0 Å². The Morgan fingerprint density at radius 1 is 0.970 bits per heavy atom. The van der Waals surface area contributed by atoms with Crippen molar-refractivity contribution in [2.45, 2.75) is 76.9 Å². The predicted octanol–water partition coefficient (Wildman–Crippen LogP) is 6.55. The lowest BCUT2D eigenvalue weighted by atomic mass is 10.0. The van der Waals surface area contributed by atoms with E-state index >= 15 is 0 Å². The minimum Gasteiger partial charge on any atom is -0.483 e. The van der Waals surface area contributed by atoms with Crippen molar-refractivity contribution in [1.82, 2.24) is 14.8 Å². The first-order valence-corrected chi connectivity index (χ1v) is 12.3. The van der Waals surface area contributed by atoms with Crippen LogP contribution >= 0.6 is 11.8 Å². The van der Waals surface area contributed by atoms with E-state index in [2.05, 4.69) is 59.9 Å². The van der Waals surface area contributed by atoms with Gasteiger partial charge in [-0.1, -0.05) is 55.9 Å². The van der Waals surface area contributed by atoms with Gasteiger partial charge < -0.3 is 14.6 Å². The van der Waals surface area contributed by atoms with Gasteiger partial charge in [-0.2, -0.15) is 0 Å². The molecule has 0 radical (unpaired) electrons. The summed E-state index contributed by atoms with van der Waals surface area (Å²) >= 11 is 1.40. The van der Waals surface area contributed by atoms with Crippen molar-refractivity contribution >= 4 is 23.4 Å². The van der Waals surface area contributed by atoms with Crippen LogP contribution in [0.3, 0.4) is 0 Å². The Kier molecular flexibility index (Phi) is 8.19. The first-order chi connectivity index (χ1) is 15.7. The molecule has 6 nitrogen and oxygen atoms in total. The molecule has 0 spiro atoms. The first kappa shape index (κ1) is 24.8. The first-order valence-electron chi connectivity index (χ1n) is 11.4. The summed E-state index contributed by atoms with van der Waals surface area (Å²) < 4.78 is 8.22. The van der Waals surface area contributed by atoms with Gasteiger partial charge in [0.15, 0.2) is 17.1 Å². The van der Waals surface area contributed by atoms with Gasteiger partial charge in [0, 0.05) is 11.7 Å². The Hall–Kier alpha value is -2.80. The van der Waals surface area contributed by atoms with Crippen LogP contribution in [0.5, 0.6) is 5.75 Å². The molecule has 176 valence electrons. The van der Waals surface area contributed by atoms with Gasteiger partial charge in [-0.25, -0.2) is 0 Å². The zero-order chi connectivity index (χ0) is 24.1. The number of hydrogen-bond donors (Lipinski definition) is 1. The highest BCUT2D eigenvalue weighted by Crippen LogP contribution is 2.30. The number of para-hydroxylation sites is 1. The van der Waals surface area contributed by atoms with E-state index in [0.717, 1.165) is 22.8 Å². The summed E-state index contributed by atoms with van der Waals surface area (Å²) in [5.41, 5.74) is 3.13. The predicted molar refractivity (Wildman–Crippen MR) is 135 cm³/mol. The van der Waals surface area contributed by atoms with Gasteiger partial charge in [-0.15, -0.1) is 10.2 Å². The largest absolute Gasteiger partial charge is 0.483 e. The molecule has 0 aliphatic rings. The maximum absolute atomic E-state index is 12.8. The number of ether oxygens (including phenoxy) is 1. The Morgan fingerprint density at radius 3 is 2.24 bits per heavy atom. The maximum atomic E-state index is 12.8. The quantitative estimate of drug-likeness (QED) is 0.362. The van der Waals surface area contributed by atoms with Gasteiger partial charge in [0.05, 0.1) is 5.25 Å². The Labute approximate surface area is 201 Å². The summed E-state index contributed by atoms with van der Waals surface area (Å²) in [5.74, 6) is 1.95. The summed E-state index contributed by atoms with van der Waals surface area (Å²) in [5, 5.41) is 12.2. The van der Waals surface area contributed by atoms with E-state index in [1.165, 1.54) is 17.3 Å². The summed E-state index contributed by atoms with van der Waals surface area (Å²) in [7, 11) is 0. The molecule has 7 heteroatoms. The van der Waals surface area contributed by atoms with Crippen molar-refractivity contribution < 1.29 is 9.53 Å². The molecule has 0 bridgehead atoms. The molecular formula is C26H34N4O2S. The number of amides is 1. The van der Waals surface area contributed by atoms with E-state index in [9.17, 15) is 4.79 Å². The Bertz CT molecular complexity index is 1080. The van der Waals surface area contributed by atoms with Crippen LogP contribution in [0.1, 0.15) is 76.6 Å². The third-order valence-corrected chi connectivity index (χ3v) is 6.54. The maximum Gasteiger partial charge on any atom is 0.237 e. The van der Waals surface area contributed by atoms with Gasteiger partial charge in [-0.05, 0) is 69.9 Å². The lowest BCUT2D eigenvalue weighted by Crippen LogP contribution is -2.23. The molecule has 2 unspecified atom stereocenters. The molecule has 0 saturated carbocycles. The Balaban J connectivity index is 1.73. The van der Waals surface area contributed by atoms with Crippen molar-refractivity contribution in [3.8, 4) is 5.75 Å². The van der Waals surface area contributed by atoms with Crippen molar-refractivity contribution in [1.29, 1.82) is 0 Å². The molecular weight excluding hydrogens is 432 g/mol. The molecule has 3 aromatic rings. The summed E-state index contributed by atoms with van der Waals surface area (Å²) in [6.45, 7) is 14.3. The van der Waals surface area contributed by atoms with E-state index in [0.29, 0.717) is 11.1 Å². The van der Waals surface area contributed by atoms with Crippen molar-refractivity contribution in [2.75, 3.05) is 5.32 Å². The summed E-state index contributed by atoms with van der Waals surface area (Å²) in [4.78, 5) is 12.8. The normalized spacial score (nSPS) is 13.2. The molecule has 0 aliphatic carbocycles. The third kappa shape index (κ3) is 6.16. The number of aryl methyl sites for hydroxylation is 1. The molecule has 0 aliphatic heterocycles.